The molecule has 2 unspecified atom stereocenters. The molecular formula is C34H38ClN3O2. The molecule has 40 heavy (non-hydrogen) atoms. The molecule has 1 spiro atoms. The van der Waals surface area contributed by atoms with Crippen LogP contribution in [0.1, 0.15) is 55.5 Å². The van der Waals surface area contributed by atoms with Crippen molar-refractivity contribution in [1.29, 1.82) is 0 Å². The molecule has 1 saturated carbocycles. The number of ether oxygens (including phenoxy) is 1. The van der Waals surface area contributed by atoms with E-state index in [2.05, 4.69) is 65.3 Å². The van der Waals surface area contributed by atoms with Gasteiger partial charge in [0.05, 0.1) is 5.54 Å². The summed E-state index contributed by atoms with van der Waals surface area (Å²) >= 11 is 6.22. The number of nitrogens with zero attached hydrogens (tertiary/aromatic N) is 2. The summed E-state index contributed by atoms with van der Waals surface area (Å²) in [6, 6.07) is 26.8. The van der Waals surface area contributed by atoms with Gasteiger partial charge in [0.2, 0.25) is 0 Å². The molecule has 2 atom stereocenters. The predicted molar refractivity (Wildman–Crippen MR) is 162 cm³/mol. The number of nitrogens with one attached hydrogen (secondary N) is 1. The summed E-state index contributed by atoms with van der Waals surface area (Å²) in [5.74, 6) is 1.26. The average Bonchev–Trinajstić information content (AvgIpc) is 3.35. The van der Waals surface area contributed by atoms with E-state index >= 15 is 0 Å². The van der Waals surface area contributed by atoms with Gasteiger partial charge in [0.1, 0.15) is 5.75 Å². The number of aromatic amines is 1. The number of carbonyl (C=O) groups excluding carboxylic acids is 1. The van der Waals surface area contributed by atoms with Crippen LogP contribution in [0.15, 0.2) is 78.9 Å². The molecule has 1 amide bonds. The largest absolute Gasteiger partial charge is 0.481 e. The fourth-order valence-corrected chi connectivity index (χ4v) is 7.45. The van der Waals surface area contributed by atoms with Gasteiger partial charge in [-0.05, 0) is 100 Å². The number of hydrogen-bond donors (Lipinski definition) is 1. The number of hydrogen-bond acceptors (Lipinski definition) is 3. The minimum atomic E-state index is -0.563. The summed E-state index contributed by atoms with van der Waals surface area (Å²) in [7, 11) is 4.33. The van der Waals surface area contributed by atoms with Crippen molar-refractivity contribution >= 4 is 28.4 Å². The van der Waals surface area contributed by atoms with Crippen LogP contribution < -0.4 is 4.74 Å². The molecule has 6 heteroatoms. The van der Waals surface area contributed by atoms with E-state index in [9.17, 15) is 4.79 Å². The monoisotopic (exact) mass is 555 g/mol. The van der Waals surface area contributed by atoms with E-state index in [0.29, 0.717) is 18.5 Å². The van der Waals surface area contributed by atoms with E-state index in [1.807, 2.05) is 49.4 Å². The Balaban J connectivity index is 1.33. The van der Waals surface area contributed by atoms with Gasteiger partial charge in [0, 0.05) is 34.2 Å². The molecule has 3 aromatic carbocycles. The average molecular weight is 556 g/mol. The SMILES string of the molecule is CC(Oc1ccccc1)C(=O)N1CCc2c([nH]c3ccccc23)C12CCC(C(c1ccc(Cl)cc1)N(C)C)CC2. The van der Waals surface area contributed by atoms with E-state index in [4.69, 9.17) is 16.3 Å². The second kappa shape index (κ2) is 10.9. The zero-order chi connectivity index (χ0) is 27.9. The van der Waals surface area contributed by atoms with E-state index in [0.717, 1.165) is 48.4 Å². The fraction of sp³-hybridized carbons (Fsp3) is 0.382. The zero-order valence-electron chi connectivity index (χ0n) is 23.6. The minimum absolute atomic E-state index is 0.0634. The van der Waals surface area contributed by atoms with Crippen molar-refractivity contribution in [2.45, 2.75) is 56.7 Å². The van der Waals surface area contributed by atoms with Gasteiger partial charge in [0.25, 0.3) is 5.91 Å². The number of rotatable bonds is 6. The molecule has 1 aromatic heterocycles. The smallest absolute Gasteiger partial charge is 0.264 e. The van der Waals surface area contributed by atoms with Crippen LogP contribution in [-0.2, 0) is 16.8 Å². The number of H-pyrrole nitrogens is 1. The van der Waals surface area contributed by atoms with Crippen LogP contribution >= 0.6 is 11.6 Å². The van der Waals surface area contributed by atoms with Gasteiger partial charge in [-0.3, -0.25) is 4.79 Å². The lowest BCUT2D eigenvalue weighted by atomic mass is 9.68. The number of benzene rings is 3. The van der Waals surface area contributed by atoms with Gasteiger partial charge in [-0.15, -0.1) is 0 Å². The van der Waals surface area contributed by atoms with Crippen molar-refractivity contribution in [3.05, 3.63) is 101 Å². The third-order valence-corrected chi connectivity index (χ3v) is 9.37. The maximum atomic E-state index is 14.1. The lowest BCUT2D eigenvalue weighted by Gasteiger charge is -2.52. The standard InChI is InChI=1S/C34H38ClN3O2/c1-23(40-27-9-5-4-6-10-27)33(39)38-22-19-29-28-11-7-8-12-30(28)36-32(29)34(38)20-17-25(18-21-34)31(37(2)3)24-13-15-26(35)16-14-24/h4-16,23,25,31,36H,17-22H2,1-3H3. The van der Waals surface area contributed by atoms with Gasteiger partial charge in [-0.2, -0.15) is 0 Å². The summed E-state index contributed by atoms with van der Waals surface area (Å²) in [5, 5.41) is 2.05. The first-order valence-electron chi connectivity index (χ1n) is 14.4. The third kappa shape index (κ3) is 4.80. The van der Waals surface area contributed by atoms with E-state index in [1.165, 1.54) is 22.2 Å². The van der Waals surface area contributed by atoms with Crippen LogP contribution in [0.3, 0.4) is 0 Å². The number of aromatic nitrogens is 1. The quantitative estimate of drug-likeness (QED) is 0.270. The lowest BCUT2D eigenvalue weighted by molar-refractivity contribution is -0.149. The number of halogens is 1. The number of carbonyl (C=O) groups is 1. The topological polar surface area (TPSA) is 48.6 Å². The van der Waals surface area contributed by atoms with Crippen LogP contribution in [-0.4, -0.2) is 47.4 Å². The van der Waals surface area contributed by atoms with Crippen molar-refractivity contribution in [3.63, 3.8) is 0 Å². The van der Waals surface area contributed by atoms with Gasteiger partial charge >= 0.3 is 0 Å². The van der Waals surface area contributed by atoms with Gasteiger partial charge in [-0.25, -0.2) is 0 Å². The van der Waals surface area contributed by atoms with Crippen molar-refractivity contribution in [3.8, 4) is 5.75 Å². The van der Waals surface area contributed by atoms with Crippen LogP contribution in [0.4, 0.5) is 0 Å². The summed E-state index contributed by atoms with van der Waals surface area (Å²) < 4.78 is 6.15. The molecule has 1 fully saturated rings. The highest BCUT2D eigenvalue weighted by molar-refractivity contribution is 6.30. The normalized spacial score (nSPS) is 22.3. The Morgan fingerprint density at radius 3 is 2.38 bits per heavy atom. The number of amides is 1. The Hall–Kier alpha value is -3.28. The van der Waals surface area contributed by atoms with Crippen molar-refractivity contribution < 1.29 is 9.53 Å². The summed E-state index contributed by atoms with van der Waals surface area (Å²) in [5.41, 5.74) is 4.68. The molecule has 1 aliphatic heterocycles. The Morgan fingerprint density at radius 1 is 1.00 bits per heavy atom. The second-order valence-electron chi connectivity index (χ2n) is 11.7. The summed E-state index contributed by atoms with van der Waals surface area (Å²) in [6.45, 7) is 2.59. The molecule has 1 N–H and O–H groups in total. The van der Waals surface area contributed by atoms with Crippen molar-refractivity contribution in [1.82, 2.24) is 14.8 Å². The minimum Gasteiger partial charge on any atom is -0.481 e. The highest BCUT2D eigenvalue weighted by atomic mass is 35.5. The highest BCUT2D eigenvalue weighted by Gasteiger charge is 2.50. The number of para-hydroxylation sites is 2. The lowest BCUT2D eigenvalue weighted by Crippen LogP contribution is -2.58. The van der Waals surface area contributed by atoms with E-state index < -0.39 is 6.10 Å². The molecular weight excluding hydrogens is 518 g/mol. The van der Waals surface area contributed by atoms with Gasteiger partial charge in [0.15, 0.2) is 6.10 Å². The second-order valence-corrected chi connectivity index (χ2v) is 12.1. The summed E-state index contributed by atoms with van der Waals surface area (Å²) in [6.07, 6.45) is 4.17. The molecule has 6 rings (SSSR count). The van der Waals surface area contributed by atoms with Gasteiger partial charge in [-0.1, -0.05) is 60.1 Å². The van der Waals surface area contributed by atoms with Crippen LogP contribution in [0.2, 0.25) is 5.02 Å². The molecule has 4 aromatic rings. The predicted octanol–water partition coefficient (Wildman–Crippen LogP) is 7.36. The first-order chi connectivity index (χ1) is 19.4. The first kappa shape index (κ1) is 26.9. The molecule has 208 valence electrons. The first-order valence-corrected chi connectivity index (χ1v) is 14.8. The Bertz CT molecular complexity index is 1470. The zero-order valence-corrected chi connectivity index (χ0v) is 24.3. The molecule has 2 aliphatic rings. The molecule has 0 saturated heterocycles. The molecule has 0 bridgehead atoms. The van der Waals surface area contributed by atoms with Crippen LogP contribution in [0, 0.1) is 5.92 Å². The summed E-state index contributed by atoms with van der Waals surface area (Å²) in [4.78, 5) is 22.4. The van der Waals surface area contributed by atoms with E-state index in [-0.39, 0.29) is 11.4 Å². The molecule has 1 aliphatic carbocycles. The van der Waals surface area contributed by atoms with Crippen LogP contribution in [0.25, 0.3) is 10.9 Å². The van der Waals surface area contributed by atoms with Gasteiger partial charge < -0.3 is 19.5 Å². The maximum Gasteiger partial charge on any atom is 0.264 e. The Kier molecular flexibility index (Phi) is 7.37. The van der Waals surface area contributed by atoms with E-state index in [1.54, 1.807) is 0 Å². The highest BCUT2D eigenvalue weighted by Crippen LogP contribution is 2.51. The maximum absolute atomic E-state index is 14.1. The van der Waals surface area contributed by atoms with Crippen LogP contribution in [0.5, 0.6) is 5.75 Å². The Morgan fingerprint density at radius 2 is 1.68 bits per heavy atom. The van der Waals surface area contributed by atoms with Crippen molar-refractivity contribution in [2.24, 2.45) is 5.92 Å². The molecule has 0 radical (unpaired) electrons. The molecule has 5 nitrogen and oxygen atoms in total. The number of fused-ring (bicyclic) bond motifs is 4. The molecule has 2 heterocycles. The Labute approximate surface area is 242 Å². The third-order valence-electron chi connectivity index (χ3n) is 9.12. The van der Waals surface area contributed by atoms with Crippen molar-refractivity contribution in [2.75, 3.05) is 20.6 Å². The fourth-order valence-electron chi connectivity index (χ4n) is 7.33.